The molecule has 0 saturated heterocycles. The molecule has 1 amide bonds. The molecular weight excluding hydrogens is 252 g/mol. The molecule has 7 nitrogen and oxygen atoms in total. The minimum Gasteiger partial charge on any atom is -0.493 e. The van der Waals surface area contributed by atoms with Gasteiger partial charge in [-0.1, -0.05) is 6.07 Å². The summed E-state index contributed by atoms with van der Waals surface area (Å²) in [6.07, 6.45) is -0.190. The minimum atomic E-state index is -0.986. The Morgan fingerprint density at radius 3 is 2.58 bits per heavy atom. The lowest BCUT2D eigenvalue weighted by atomic mass is 10.0. The van der Waals surface area contributed by atoms with Crippen molar-refractivity contribution in [1.29, 1.82) is 0 Å². The summed E-state index contributed by atoms with van der Waals surface area (Å²) in [5, 5.41) is 8.68. The maximum atomic E-state index is 10.6. The Morgan fingerprint density at radius 2 is 2.05 bits per heavy atom. The average molecular weight is 268 g/mol. The summed E-state index contributed by atoms with van der Waals surface area (Å²) in [7, 11) is 1.43. The van der Waals surface area contributed by atoms with Crippen LogP contribution in [0.1, 0.15) is 18.0 Å². The highest BCUT2D eigenvalue weighted by Gasteiger charge is 2.14. The van der Waals surface area contributed by atoms with Crippen molar-refractivity contribution in [3.8, 4) is 11.5 Å². The maximum absolute atomic E-state index is 10.6. The fourth-order valence-corrected chi connectivity index (χ4v) is 1.49. The van der Waals surface area contributed by atoms with Gasteiger partial charge in [-0.05, 0) is 17.7 Å². The van der Waals surface area contributed by atoms with E-state index in [1.54, 1.807) is 18.2 Å². The second kappa shape index (κ2) is 6.60. The Labute approximate surface area is 110 Å². The van der Waals surface area contributed by atoms with Crippen LogP contribution in [0.25, 0.3) is 0 Å². The zero-order chi connectivity index (χ0) is 14.4. The lowest BCUT2D eigenvalue weighted by Gasteiger charge is -2.14. The Morgan fingerprint density at radius 1 is 1.37 bits per heavy atom. The van der Waals surface area contributed by atoms with Gasteiger partial charge in [0.25, 0.3) is 5.91 Å². The molecule has 7 heteroatoms. The van der Waals surface area contributed by atoms with Crippen LogP contribution in [0.5, 0.6) is 11.5 Å². The van der Waals surface area contributed by atoms with Crippen LogP contribution in [-0.2, 0) is 9.59 Å². The van der Waals surface area contributed by atoms with Crippen LogP contribution >= 0.6 is 0 Å². The number of primary amides is 1. The van der Waals surface area contributed by atoms with Crippen molar-refractivity contribution in [1.82, 2.24) is 0 Å². The molecule has 1 rings (SSSR count). The minimum absolute atomic E-state index is 0.190. The van der Waals surface area contributed by atoms with E-state index in [0.29, 0.717) is 17.1 Å². The van der Waals surface area contributed by atoms with Gasteiger partial charge in [0.05, 0.1) is 13.5 Å². The summed E-state index contributed by atoms with van der Waals surface area (Å²) in [6.45, 7) is -0.267. The van der Waals surface area contributed by atoms with Crippen LogP contribution in [0.3, 0.4) is 0 Å². The molecule has 5 N–H and O–H groups in total. The van der Waals surface area contributed by atoms with Crippen molar-refractivity contribution in [2.45, 2.75) is 12.5 Å². The van der Waals surface area contributed by atoms with Gasteiger partial charge in [0.2, 0.25) is 0 Å². The Hall–Kier alpha value is -2.28. The first-order chi connectivity index (χ1) is 8.93. The molecule has 0 fully saturated rings. The Bertz CT molecular complexity index is 475. The number of carbonyl (C=O) groups excluding carboxylic acids is 1. The molecular formula is C12H16N2O5. The van der Waals surface area contributed by atoms with E-state index in [1.807, 2.05) is 0 Å². The fourth-order valence-electron chi connectivity index (χ4n) is 1.49. The molecule has 0 spiro atoms. The maximum Gasteiger partial charge on any atom is 0.305 e. The number of carbonyl (C=O) groups is 2. The number of hydrogen-bond acceptors (Lipinski definition) is 5. The van der Waals surface area contributed by atoms with Gasteiger partial charge in [0.1, 0.15) is 0 Å². The van der Waals surface area contributed by atoms with Gasteiger partial charge in [0, 0.05) is 6.04 Å². The van der Waals surface area contributed by atoms with Crippen LogP contribution in [0.15, 0.2) is 18.2 Å². The first-order valence-corrected chi connectivity index (χ1v) is 5.50. The smallest absolute Gasteiger partial charge is 0.305 e. The zero-order valence-electron chi connectivity index (χ0n) is 10.5. The molecule has 0 aromatic heterocycles. The summed E-state index contributed by atoms with van der Waals surface area (Å²) in [5.74, 6) is -0.888. The van der Waals surface area contributed by atoms with E-state index in [-0.39, 0.29) is 13.0 Å². The highest BCUT2D eigenvalue weighted by atomic mass is 16.5. The lowest BCUT2D eigenvalue weighted by Crippen LogP contribution is -2.20. The van der Waals surface area contributed by atoms with Crippen molar-refractivity contribution in [3.63, 3.8) is 0 Å². The van der Waals surface area contributed by atoms with E-state index in [4.69, 9.17) is 26.0 Å². The molecule has 0 saturated carbocycles. The van der Waals surface area contributed by atoms with Gasteiger partial charge in [-0.3, -0.25) is 9.59 Å². The second-order valence-corrected chi connectivity index (χ2v) is 3.87. The monoisotopic (exact) mass is 268 g/mol. The molecule has 0 aliphatic heterocycles. The highest BCUT2D eigenvalue weighted by molar-refractivity contribution is 5.75. The van der Waals surface area contributed by atoms with Gasteiger partial charge in [-0.25, -0.2) is 0 Å². The van der Waals surface area contributed by atoms with Crippen LogP contribution in [0.2, 0.25) is 0 Å². The number of methoxy groups -OCH3 is 1. The molecule has 0 bridgehead atoms. The van der Waals surface area contributed by atoms with E-state index in [9.17, 15) is 9.59 Å². The van der Waals surface area contributed by atoms with E-state index < -0.39 is 17.9 Å². The number of rotatable bonds is 7. The molecule has 0 aliphatic rings. The first kappa shape index (κ1) is 14.8. The van der Waals surface area contributed by atoms with Crippen molar-refractivity contribution in [3.05, 3.63) is 23.8 Å². The predicted octanol–water partition coefficient (Wildman–Crippen LogP) is 0.0338. The second-order valence-electron chi connectivity index (χ2n) is 3.87. The first-order valence-electron chi connectivity index (χ1n) is 5.50. The van der Waals surface area contributed by atoms with E-state index in [0.717, 1.165) is 0 Å². The Kier molecular flexibility index (Phi) is 5.13. The molecule has 1 atom stereocenters. The summed E-state index contributed by atoms with van der Waals surface area (Å²) in [4.78, 5) is 21.2. The van der Waals surface area contributed by atoms with Crippen molar-refractivity contribution in [2.24, 2.45) is 11.5 Å². The third-order valence-electron chi connectivity index (χ3n) is 2.38. The summed E-state index contributed by atoms with van der Waals surface area (Å²) >= 11 is 0. The molecule has 0 heterocycles. The van der Waals surface area contributed by atoms with Gasteiger partial charge < -0.3 is 26.0 Å². The SMILES string of the molecule is COc1cc([C@H](N)CC(=O)O)ccc1OCC(N)=O. The average Bonchev–Trinajstić information content (AvgIpc) is 2.35. The largest absolute Gasteiger partial charge is 0.493 e. The number of amides is 1. The van der Waals surface area contributed by atoms with Gasteiger partial charge >= 0.3 is 5.97 Å². The number of benzene rings is 1. The number of hydrogen-bond donors (Lipinski definition) is 3. The molecule has 0 aliphatic carbocycles. The third-order valence-corrected chi connectivity index (χ3v) is 2.38. The zero-order valence-corrected chi connectivity index (χ0v) is 10.5. The van der Waals surface area contributed by atoms with Crippen LogP contribution in [0, 0.1) is 0 Å². The van der Waals surface area contributed by atoms with E-state index in [1.165, 1.54) is 7.11 Å². The number of carboxylic acid groups (broad SMARTS) is 1. The van der Waals surface area contributed by atoms with E-state index in [2.05, 4.69) is 0 Å². The number of carboxylic acids is 1. The van der Waals surface area contributed by atoms with Crippen LogP contribution < -0.4 is 20.9 Å². The summed E-state index contributed by atoms with van der Waals surface area (Å²) in [6, 6.07) is 4.10. The molecule has 0 unspecified atom stereocenters. The van der Waals surface area contributed by atoms with Crippen molar-refractivity contribution >= 4 is 11.9 Å². The molecule has 19 heavy (non-hydrogen) atoms. The van der Waals surface area contributed by atoms with Gasteiger partial charge in [-0.15, -0.1) is 0 Å². The number of nitrogens with two attached hydrogens (primary N) is 2. The quantitative estimate of drug-likeness (QED) is 0.641. The molecule has 0 radical (unpaired) electrons. The molecule has 104 valence electrons. The van der Waals surface area contributed by atoms with Crippen LogP contribution in [0.4, 0.5) is 0 Å². The summed E-state index contributed by atoms with van der Waals surface area (Å²) in [5.41, 5.74) is 11.3. The van der Waals surface area contributed by atoms with Crippen LogP contribution in [-0.4, -0.2) is 30.7 Å². The van der Waals surface area contributed by atoms with E-state index >= 15 is 0 Å². The predicted molar refractivity (Wildman–Crippen MR) is 66.9 cm³/mol. The van der Waals surface area contributed by atoms with Gasteiger partial charge in [0.15, 0.2) is 18.1 Å². The molecule has 1 aromatic rings. The number of aliphatic carboxylic acids is 1. The summed E-state index contributed by atoms with van der Waals surface area (Å²) < 4.78 is 10.2. The topological polar surface area (TPSA) is 125 Å². The van der Waals surface area contributed by atoms with Crippen molar-refractivity contribution in [2.75, 3.05) is 13.7 Å². The fraction of sp³-hybridized carbons (Fsp3) is 0.333. The van der Waals surface area contributed by atoms with Crippen molar-refractivity contribution < 1.29 is 24.2 Å². The lowest BCUT2D eigenvalue weighted by molar-refractivity contribution is -0.137. The van der Waals surface area contributed by atoms with Gasteiger partial charge in [-0.2, -0.15) is 0 Å². The highest BCUT2D eigenvalue weighted by Crippen LogP contribution is 2.30. The standard InChI is InChI=1S/C12H16N2O5/c1-18-10-4-7(8(13)5-12(16)17)2-3-9(10)19-6-11(14)15/h2-4,8H,5-6,13H2,1H3,(H2,14,15)(H,16,17)/t8-/m1/s1. The third kappa shape index (κ3) is 4.47. The number of ether oxygens (including phenoxy) is 2. The molecule has 1 aromatic carbocycles. The normalized spacial score (nSPS) is 11.7. The Balaban J connectivity index is 2.88.